The maximum absolute atomic E-state index is 3.64. The molecule has 1 saturated carbocycles. The smallest absolute Gasteiger partial charge is 0.0234 e. The Morgan fingerprint density at radius 1 is 1.24 bits per heavy atom. The van der Waals surface area contributed by atoms with Crippen LogP contribution in [0.5, 0.6) is 0 Å². The van der Waals surface area contributed by atoms with E-state index in [0.717, 1.165) is 18.4 Å². The molecule has 1 saturated heterocycles. The Morgan fingerprint density at radius 2 is 2.10 bits per heavy atom. The molecule has 2 nitrogen and oxygen atoms in total. The van der Waals surface area contributed by atoms with Gasteiger partial charge < -0.3 is 5.32 Å². The van der Waals surface area contributed by atoms with Gasteiger partial charge in [-0.15, -0.1) is 0 Å². The summed E-state index contributed by atoms with van der Waals surface area (Å²) in [5.74, 6) is 1.60. The molecule has 2 aliphatic rings. The predicted octanol–water partition coefficient (Wildman–Crippen LogP) is 3.77. The van der Waals surface area contributed by atoms with Gasteiger partial charge in [-0.25, -0.2) is 0 Å². The minimum Gasteiger partial charge on any atom is -0.313 e. The monoisotopic (exact) mass is 286 g/mol. The number of hydrogen-bond acceptors (Lipinski definition) is 2. The first-order valence-electron chi connectivity index (χ1n) is 8.75. The lowest BCUT2D eigenvalue weighted by Crippen LogP contribution is -2.38. The molecule has 1 aromatic rings. The molecule has 1 aliphatic heterocycles. The molecule has 0 bridgehead atoms. The van der Waals surface area contributed by atoms with Gasteiger partial charge in [-0.3, -0.25) is 4.90 Å². The van der Waals surface area contributed by atoms with Gasteiger partial charge in [-0.1, -0.05) is 38.1 Å². The molecule has 2 heteroatoms. The van der Waals surface area contributed by atoms with Gasteiger partial charge in [-0.2, -0.15) is 0 Å². The zero-order valence-electron chi connectivity index (χ0n) is 13.6. The van der Waals surface area contributed by atoms with Crippen molar-refractivity contribution in [3.05, 3.63) is 35.4 Å². The van der Waals surface area contributed by atoms with Crippen LogP contribution >= 0.6 is 0 Å². The lowest BCUT2D eigenvalue weighted by Gasteiger charge is -2.27. The highest BCUT2D eigenvalue weighted by Gasteiger charge is 2.24. The topological polar surface area (TPSA) is 15.3 Å². The Kier molecular flexibility index (Phi) is 4.97. The Labute approximate surface area is 129 Å². The minimum atomic E-state index is 0.704. The fourth-order valence-electron chi connectivity index (χ4n) is 3.56. The SMILES string of the molecule is CC(C)CN(Cc1cccc(C2CC2)c1)CC1CCCN1. The molecule has 1 aromatic carbocycles. The lowest BCUT2D eigenvalue weighted by molar-refractivity contribution is 0.216. The maximum atomic E-state index is 3.64. The number of benzene rings is 1. The third-order valence-electron chi connectivity index (χ3n) is 4.67. The summed E-state index contributed by atoms with van der Waals surface area (Å²) in [4.78, 5) is 2.65. The van der Waals surface area contributed by atoms with Gasteiger partial charge in [0.05, 0.1) is 0 Å². The van der Waals surface area contributed by atoms with Crippen molar-refractivity contribution in [1.29, 1.82) is 0 Å². The first-order valence-corrected chi connectivity index (χ1v) is 8.75. The molecule has 1 heterocycles. The van der Waals surface area contributed by atoms with Crippen molar-refractivity contribution in [2.24, 2.45) is 5.92 Å². The normalized spacial score (nSPS) is 22.4. The molecule has 0 amide bonds. The van der Waals surface area contributed by atoms with E-state index >= 15 is 0 Å². The summed E-state index contributed by atoms with van der Waals surface area (Å²) in [6.45, 7) is 9.37. The summed E-state index contributed by atoms with van der Waals surface area (Å²) < 4.78 is 0. The molecule has 1 aliphatic carbocycles. The highest BCUT2D eigenvalue weighted by atomic mass is 15.2. The molecular weight excluding hydrogens is 256 g/mol. The van der Waals surface area contributed by atoms with Crippen LogP contribution in [-0.2, 0) is 6.54 Å². The predicted molar refractivity (Wildman–Crippen MR) is 89.6 cm³/mol. The molecule has 116 valence electrons. The molecule has 1 N–H and O–H groups in total. The van der Waals surface area contributed by atoms with Crippen LogP contribution in [0.15, 0.2) is 24.3 Å². The van der Waals surface area contributed by atoms with Gasteiger partial charge >= 0.3 is 0 Å². The summed E-state index contributed by atoms with van der Waals surface area (Å²) in [7, 11) is 0. The summed E-state index contributed by atoms with van der Waals surface area (Å²) >= 11 is 0. The molecule has 1 unspecified atom stereocenters. The highest BCUT2D eigenvalue weighted by molar-refractivity contribution is 5.29. The van der Waals surface area contributed by atoms with Crippen LogP contribution in [0.2, 0.25) is 0 Å². The largest absolute Gasteiger partial charge is 0.313 e. The number of nitrogens with one attached hydrogen (secondary N) is 1. The second-order valence-corrected chi connectivity index (χ2v) is 7.40. The van der Waals surface area contributed by atoms with E-state index in [4.69, 9.17) is 0 Å². The molecule has 1 atom stereocenters. The van der Waals surface area contributed by atoms with Crippen molar-refractivity contribution in [3.63, 3.8) is 0 Å². The zero-order valence-corrected chi connectivity index (χ0v) is 13.6. The van der Waals surface area contributed by atoms with Gasteiger partial charge in [0, 0.05) is 25.7 Å². The summed E-state index contributed by atoms with van der Waals surface area (Å²) in [6.07, 6.45) is 5.48. The molecule has 2 fully saturated rings. The van der Waals surface area contributed by atoms with Crippen molar-refractivity contribution >= 4 is 0 Å². The van der Waals surface area contributed by atoms with Crippen molar-refractivity contribution in [3.8, 4) is 0 Å². The average molecular weight is 286 g/mol. The van der Waals surface area contributed by atoms with E-state index in [1.807, 2.05) is 0 Å². The van der Waals surface area contributed by atoms with Gasteiger partial charge in [0.15, 0.2) is 0 Å². The summed E-state index contributed by atoms with van der Waals surface area (Å²) in [5, 5.41) is 3.64. The fourth-order valence-corrected chi connectivity index (χ4v) is 3.56. The van der Waals surface area contributed by atoms with Crippen LogP contribution in [0.3, 0.4) is 0 Å². The third kappa shape index (κ3) is 4.55. The van der Waals surface area contributed by atoms with Crippen molar-refractivity contribution in [2.45, 2.75) is 58.0 Å². The number of rotatable bonds is 7. The van der Waals surface area contributed by atoms with Gasteiger partial charge in [-0.05, 0) is 55.2 Å². The van der Waals surface area contributed by atoms with Crippen molar-refractivity contribution in [2.75, 3.05) is 19.6 Å². The first-order chi connectivity index (χ1) is 10.2. The number of hydrogen-bond donors (Lipinski definition) is 1. The van der Waals surface area contributed by atoms with Crippen LogP contribution in [0, 0.1) is 5.92 Å². The average Bonchev–Trinajstić information content (AvgIpc) is 3.17. The standard InChI is InChI=1S/C19H30N2/c1-15(2)12-21(14-19-7-4-10-20-19)13-16-5-3-6-18(11-16)17-8-9-17/h3,5-6,11,15,17,19-20H,4,7-10,12-14H2,1-2H3. The van der Waals surface area contributed by atoms with Gasteiger partial charge in [0.2, 0.25) is 0 Å². The van der Waals surface area contributed by atoms with E-state index < -0.39 is 0 Å². The lowest BCUT2D eigenvalue weighted by atomic mass is 10.1. The van der Waals surface area contributed by atoms with Crippen LogP contribution in [0.25, 0.3) is 0 Å². The van der Waals surface area contributed by atoms with Crippen LogP contribution in [0.4, 0.5) is 0 Å². The molecular formula is C19H30N2. The molecule has 0 aromatic heterocycles. The van der Waals surface area contributed by atoms with Crippen LogP contribution < -0.4 is 5.32 Å². The Balaban J connectivity index is 1.63. The van der Waals surface area contributed by atoms with Gasteiger partial charge in [0.25, 0.3) is 0 Å². The Hall–Kier alpha value is -0.860. The second-order valence-electron chi connectivity index (χ2n) is 7.40. The summed E-state index contributed by atoms with van der Waals surface area (Å²) in [6, 6.07) is 10.0. The summed E-state index contributed by atoms with van der Waals surface area (Å²) in [5.41, 5.74) is 3.06. The molecule has 3 rings (SSSR count). The van der Waals surface area contributed by atoms with Crippen molar-refractivity contribution < 1.29 is 0 Å². The molecule has 21 heavy (non-hydrogen) atoms. The van der Waals surface area contributed by atoms with E-state index in [9.17, 15) is 0 Å². The quantitative estimate of drug-likeness (QED) is 0.821. The Morgan fingerprint density at radius 3 is 2.76 bits per heavy atom. The Bertz CT molecular complexity index is 445. The van der Waals surface area contributed by atoms with Gasteiger partial charge in [0.1, 0.15) is 0 Å². The first kappa shape index (κ1) is 15.1. The van der Waals surface area contributed by atoms with E-state index in [1.54, 1.807) is 5.56 Å². The maximum Gasteiger partial charge on any atom is 0.0234 e. The fraction of sp³-hybridized carbons (Fsp3) is 0.684. The zero-order chi connectivity index (χ0) is 14.7. The van der Waals surface area contributed by atoms with Crippen LogP contribution in [0.1, 0.15) is 56.6 Å². The van der Waals surface area contributed by atoms with Crippen LogP contribution in [-0.4, -0.2) is 30.6 Å². The van der Waals surface area contributed by atoms with Crippen molar-refractivity contribution in [1.82, 2.24) is 10.2 Å². The van der Waals surface area contributed by atoms with E-state index in [-0.39, 0.29) is 0 Å². The van der Waals surface area contributed by atoms with E-state index in [2.05, 4.69) is 48.3 Å². The van der Waals surface area contributed by atoms with E-state index in [0.29, 0.717) is 6.04 Å². The van der Waals surface area contributed by atoms with E-state index in [1.165, 1.54) is 50.9 Å². The molecule has 0 radical (unpaired) electrons. The second kappa shape index (κ2) is 6.93. The third-order valence-corrected chi connectivity index (χ3v) is 4.67. The molecule has 0 spiro atoms. The highest BCUT2D eigenvalue weighted by Crippen LogP contribution is 2.40. The number of nitrogens with zero attached hydrogens (tertiary/aromatic N) is 1. The minimum absolute atomic E-state index is 0.704.